The van der Waals surface area contributed by atoms with E-state index in [1.807, 2.05) is 13.0 Å². The summed E-state index contributed by atoms with van der Waals surface area (Å²) in [5.41, 5.74) is 8.34. The van der Waals surface area contributed by atoms with E-state index < -0.39 is 5.88 Å². The standard InChI is InChI=1S/C21H26ClN7O2/c1-3-4-5-10-28-17-16(25-19(22)27-17)18(30)29(21(28)31)11-6-7-13-8-9-14-12(2)24-20(23)26-15(13)14/h8-9,13,30H,3-7,10-11H2,1-2H3,(H2,23,24,26)/p-1. The second-order valence-corrected chi connectivity index (χ2v) is 8.17. The molecule has 0 aromatic carbocycles. The number of allylic oxidation sites excluding steroid dienone is 1. The molecule has 0 fully saturated rings. The lowest BCUT2D eigenvalue weighted by Crippen LogP contribution is -2.35. The van der Waals surface area contributed by atoms with Gasteiger partial charge in [-0.2, -0.15) is 4.98 Å². The van der Waals surface area contributed by atoms with Crippen molar-refractivity contribution in [1.82, 2.24) is 29.1 Å². The molecule has 0 saturated carbocycles. The number of halogens is 1. The van der Waals surface area contributed by atoms with Crippen LogP contribution in [0.5, 0.6) is 5.88 Å². The van der Waals surface area contributed by atoms with Gasteiger partial charge in [-0.25, -0.2) is 19.7 Å². The maximum atomic E-state index is 13.1. The Labute approximate surface area is 185 Å². The zero-order valence-electron chi connectivity index (χ0n) is 17.6. The van der Waals surface area contributed by atoms with E-state index in [9.17, 15) is 9.90 Å². The molecule has 9 nitrogen and oxygen atoms in total. The van der Waals surface area contributed by atoms with Gasteiger partial charge in [0.1, 0.15) is 5.69 Å². The van der Waals surface area contributed by atoms with Crippen LogP contribution in [0.25, 0.3) is 17.6 Å². The molecule has 10 heteroatoms. The van der Waals surface area contributed by atoms with Gasteiger partial charge in [-0.1, -0.05) is 31.9 Å². The Morgan fingerprint density at radius 2 is 1.90 bits per heavy atom. The number of unbranched alkanes of at least 4 members (excludes halogenated alkanes) is 2. The van der Waals surface area contributed by atoms with Gasteiger partial charge in [0.25, 0.3) is 0 Å². The number of hydrogen-bond donors (Lipinski definition) is 1. The number of imidazole rings is 1. The van der Waals surface area contributed by atoms with Crippen LogP contribution in [0.3, 0.4) is 0 Å². The highest BCUT2D eigenvalue weighted by atomic mass is 35.5. The van der Waals surface area contributed by atoms with E-state index in [-0.39, 0.29) is 40.9 Å². The van der Waals surface area contributed by atoms with E-state index in [0.29, 0.717) is 13.0 Å². The highest BCUT2D eigenvalue weighted by Gasteiger charge is 2.23. The van der Waals surface area contributed by atoms with E-state index in [1.165, 1.54) is 9.13 Å². The van der Waals surface area contributed by atoms with E-state index in [0.717, 1.165) is 42.6 Å². The normalized spacial score (nSPS) is 15.1. The van der Waals surface area contributed by atoms with Crippen LogP contribution < -0.4 is 16.5 Å². The Morgan fingerprint density at radius 3 is 2.68 bits per heavy atom. The molecule has 0 bridgehead atoms. The minimum atomic E-state index is -0.448. The molecule has 1 aromatic rings. The lowest BCUT2D eigenvalue weighted by Gasteiger charge is -2.23. The molecule has 0 amide bonds. The number of hydrogen-bond acceptors (Lipinski definition) is 7. The number of nitrogens with zero attached hydrogens (tertiary/aromatic N) is 6. The van der Waals surface area contributed by atoms with Crippen molar-refractivity contribution < 1.29 is 5.11 Å². The third-order valence-corrected chi connectivity index (χ3v) is 5.86. The maximum absolute atomic E-state index is 13.1. The minimum Gasteiger partial charge on any atom is -0.858 e. The van der Waals surface area contributed by atoms with E-state index in [2.05, 4.69) is 32.9 Å². The summed E-state index contributed by atoms with van der Waals surface area (Å²) < 4.78 is 2.77. The Bertz CT molecular complexity index is 1170. The van der Waals surface area contributed by atoms with Crippen LogP contribution >= 0.6 is 11.6 Å². The Kier molecular flexibility index (Phi) is 5.95. The molecule has 3 aliphatic rings. The number of rotatable bonds is 8. The molecule has 164 valence electrons. The molecule has 1 aliphatic carbocycles. The lowest BCUT2D eigenvalue weighted by atomic mass is 10.0. The zero-order valence-corrected chi connectivity index (χ0v) is 18.4. The van der Waals surface area contributed by atoms with Crippen molar-refractivity contribution in [2.24, 2.45) is 0 Å². The summed E-state index contributed by atoms with van der Waals surface area (Å²) in [5.74, 6) is 0.158. The van der Waals surface area contributed by atoms with Gasteiger partial charge in [0.15, 0.2) is 5.82 Å². The minimum absolute atomic E-state index is 0.0196. The molecule has 1 aromatic heterocycles. The maximum Gasteiger partial charge on any atom is 0.329 e. The summed E-state index contributed by atoms with van der Waals surface area (Å²) >= 11 is 5.94. The van der Waals surface area contributed by atoms with E-state index in [1.54, 1.807) is 0 Å². The quantitative estimate of drug-likeness (QED) is 0.419. The molecule has 0 radical (unpaired) electrons. The summed E-state index contributed by atoms with van der Waals surface area (Å²) in [6, 6.07) is 0. The van der Waals surface area contributed by atoms with Crippen molar-refractivity contribution >= 4 is 23.6 Å². The monoisotopic (exact) mass is 442 g/mol. The molecule has 2 N–H and O–H groups in total. The molecule has 1 atom stereocenters. The number of fused-ring (bicyclic) bond motifs is 2. The van der Waals surface area contributed by atoms with Crippen molar-refractivity contribution in [2.45, 2.75) is 65.0 Å². The molecule has 2 aliphatic heterocycles. The molecule has 31 heavy (non-hydrogen) atoms. The summed E-state index contributed by atoms with van der Waals surface area (Å²) in [5, 5.41) is 12.9. The average molecular weight is 443 g/mol. The highest BCUT2D eigenvalue weighted by Crippen LogP contribution is 2.34. The van der Waals surface area contributed by atoms with Gasteiger partial charge in [-0.05, 0) is 43.7 Å². The first-order valence-corrected chi connectivity index (χ1v) is 10.9. The van der Waals surface area contributed by atoms with E-state index >= 15 is 0 Å². The zero-order chi connectivity index (χ0) is 22.1. The van der Waals surface area contributed by atoms with Crippen LogP contribution in [0.4, 0.5) is 5.95 Å². The van der Waals surface area contributed by atoms with Gasteiger partial charge in [0.05, 0.1) is 11.4 Å². The van der Waals surface area contributed by atoms with Gasteiger partial charge >= 0.3 is 5.69 Å². The van der Waals surface area contributed by atoms with Gasteiger partial charge in [-0.3, -0.25) is 4.57 Å². The smallest absolute Gasteiger partial charge is 0.329 e. The van der Waals surface area contributed by atoms with Crippen molar-refractivity contribution in [2.75, 3.05) is 5.73 Å². The second-order valence-electron chi connectivity index (χ2n) is 7.84. The Hall–Kier alpha value is -2.94. The largest absolute Gasteiger partial charge is 0.858 e. The van der Waals surface area contributed by atoms with Gasteiger partial charge < -0.3 is 15.4 Å². The predicted octanol–water partition coefficient (Wildman–Crippen LogP) is 2.73. The Balaban J connectivity index is 1.56. The number of nitrogen functional groups attached to an aromatic ring is 1. The van der Waals surface area contributed by atoms with Crippen LogP contribution in [0.1, 0.15) is 61.9 Å². The van der Waals surface area contributed by atoms with Crippen molar-refractivity contribution in [3.05, 3.63) is 38.8 Å². The molecule has 4 rings (SSSR count). The topological polar surface area (TPSA) is 128 Å². The fourth-order valence-electron chi connectivity index (χ4n) is 4.13. The number of aryl methyl sites for hydroxylation is 1. The first-order chi connectivity index (χ1) is 14.9. The molecule has 1 unspecified atom stereocenters. The lowest BCUT2D eigenvalue weighted by molar-refractivity contribution is -0.279. The molecule has 0 spiro atoms. The van der Waals surface area contributed by atoms with Gasteiger partial charge in [0.2, 0.25) is 11.2 Å². The average Bonchev–Trinajstić information content (AvgIpc) is 3.31. The van der Waals surface area contributed by atoms with Crippen LogP contribution in [-0.4, -0.2) is 29.1 Å². The molecular weight excluding hydrogens is 418 g/mol. The third kappa shape index (κ3) is 4.01. The highest BCUT2D eigenvalue weighted by molar-refractivity contribution is 6.28. The van der Waals surface area contributed by atoms with Crippen molar-refractivity contribution in [1.29, 1.82) is 0 Å². The summed E-state index contributed by atoms with van der Waals surface area (Å²) in [6.07, 6.45) is 8.25. The van der Waals surface area contributed by atoms with Crippen molar-refractivity contribution in [3.8, 4) is 17.4 Å². The third-order valence-electron chi connectivity index (χ3n) is 5.69. The Morgan fingerprint density at radius 1 is 1.13 bits per heavy atom. The second kappa shape index (κ2) is 8.66. The van der Waals surface area contributed by atoms with Crippen LogP contribution in [0, 0.1) is 6.92 Å². The van der Waals surface area contributed by atoms with Crippen LogP contribution in [0.2, 0.25) is 5.28 Å². The van der Waals surface area contributed by atoms with E-state index in [4.69, 9.17) is 17.3 Å². The number of anilines is 1. The van der Waals surface area contributed by atoms with Crippen molar-refractivity contribution in [3.63, 3.8) is 0 Å². The van der Waals surface area contributed by atoms with Crippen LogP contribution in [-0.2, 0) is 13.1 Å². The number of nitrogens with two attached hydrogens (primary N) is 1. The summed E-state index contributed by atoms with van der Waals surface area (Å²) in [4.78, 5) is 29.8. The first-order valence-electron chi connectivity index (χ1n) is 10.6. The predicted molar refractivity (Wildman–Crippen MR) is 117 cm³/mol. The molecule has 0 saturated heterocycles. The first kappa shape index (κ1) is 21.3. The van der Waals surface area contributed by atoms with Crippen LogP contribution in [0.15, 0.2) is 10.9 Å². The fourth-order valence-corrected chi connectivity index (χ4v) is 4.29. The number of aromatic nitrogens is 6. The van der Waals surface area contributed by atoms with Gasteiger partial charge in [0, 0.05) is 24.6 Å². The molecular formula is C21H25ClN7O2-. The van der Waals surface area contributed by atoms with Gasteiger partial charge in [-0.15, -0.1) is 0 Å². The molecule has 3 heterocycles. The SMILES string of the molecule is CCCCCn1c2nc(Cl)nc-2c([O-])n(CCCC2C=Cc3c(C)nc(N)nc32)c1=O. The summed E-state index contributed by atoms with van der Waals surface area (Å²) in [6.45, 7) is 4.76. The fraction of sp³-hybridized carbons (Fsp3) is 0.476. The summed E-state index contributed by atoms with van der Waals surface area (Å²) in [7, 11) is 0.